The SMILES string of the molecule is CCc1nn(C)c(CC(CC2=CCCCC2)NC)c1Cl. The molecule has 3 nitrogen and oxygen atoms in total. The lowest BCUT2D eigenvalue weighted by molar-refractivity contribution is 0.515. The van der Waals surface area contributed by atoms with Gasteiger partial charge in [-0.1, -0.05) is 30.2 Å². The summed E-state index contributed by atoms with van der Waals surface area (Å²) in [6.07, 6.45) is 10.6. The molecule has 112 valence electrons. The molecule has 0 saturated carbocycles. The third-order valence-electron chi connectivity index (χ3n) is 4.24. The van der Waals surface area contributed by atoms with E-state index in [4.69, 9.17) is 11.6 Å². The predicted octanol–water partition coefficient (Wildman–Crippen LogP) is 3.66. The molecule has 20 heavy (non-hydrogen) atoms. The van der Waals surface area contributed by atoms with Crippen molar-refractivity contribution in [1.29, 1.82) is 0 Å². The van der Waals surface area contributed by atoms with Crippen LogP contribution in [-0.4, -0.2) is 22.9 Å². The summed E-state index contributed by atoms with van der Waals surface area (Å²) in [6, 6.07) is 0.442. The molecule has 1 heterocycles. The van der Waals surface area contributed by atoms with E-state index in [0.29, 0.717) is 6.04 Å². The Balaban J connectivity index is 2.06. The molecule has 2 rings (SSSR count). The van der Waals surface area contributed by atoms with Crippen molar-refractivity contribution in [1.82, 2.24) is 15.1 Å². The highest BCUT2D eigenvalue weighted by molar-refractivity contribution is 6.31. The Morgan fingerprint density at radius 3 is 2.75 bits per heavy atom. The van der Waals surface area contributed by atoms with E-state index in [2.05, 4.69) is 23.4 Å². The number of hydrogen-bond donors (Lipinski definition) is 1. The molecule has 4 heteroatoms. The molecule has 0 aromatic carbocycles. The molecule has 0 radical (unpaired) electrons. The van der Waals surface area contributed by atoms with Gasteiger partial charge in [0.2, 0.25) is 0 Å². The molecule has 1 unspecified atom stereocenters. The van der Waals surface area contributed by atoms with Gasteiger partial charge in [0, 0.05) is 19.5 Å². The largest absolute Gasteiger partial charge is 0.316 e. The lowest BCUT2D eigenvalue weighted by Crippen LogP contribution is -2.29. The number of aryl methyl sites for hydroxylation is 2. The number of aromatic nitrogens is 2. The summed E-state index contributed by atoms with van der Waals surface area (Å²) >= 11 is 6.45. The molecule has 1 aliphatic carbocycles. The van der Waals surface area contributed by atoms with E-state index in [1.54, 1.807) is 5.57 Å². The smallest absolute Gasteiger partial charge is 0.0850 e. The predicted molar refractivity (Wildman–Crippen MR) is 85.3 cm³/mol. The number of halogens is 1. The van der Waals surface area contributed by atoms with Gasteiger partial charge < -0.3 is 5.32 Å². The van der Waals surface area contributed by atoms with Crippen molar-refractivity contribution in [3.63, 3.8) is 0 Å². The number of nitrogens with zero attached hydrogens (tertiary/aromatic N) is 2. The Bertz CT molecular complexity index is 476. The van der Waals surface area contributed by atoms with Crippen LogP contribution in [0.2, 0.25) is 5.02 Å². The van der Waals surface area contributed by atoms with Crippen LogP contribution in [0, 0.1) is 0 Å². The first-order valence-electron chi connectivity index (χ1n) is 7.71. The second kappa shape index (κ2) is 7.28. The van der Waals surface area contributed by atoms with Gasteiger partial charge >= 0.3 is 0 Å². The second-order valence-corrected chi connectivity index (χ2v) is 6.06. The van der Waals surface area contributed by atoms with E-state index >= 15 is 0 Å². The topological polar surface area (TPSA) is 29.9 Å². The third kappa shape index (κ3) is 3.64. The van der Waals surface area contributed by atoms with Gasteiger partial charge in [-0.25, -0.2) is 0 Å². The summed E-state index contributed by atoms with van der Waals surface area (Å²) in [6.45, 7) is 2.10. The fourth-order valence-corrected chi connectivity index (χ4v) is 3.33. The second-order valence-electron chi connectivity index (χ2n) is 5.69. The molecular weight excluding hydrogens is 270 g/mol. The maximum atomic E-state index is 6.45. The van der Waals surface area contributed by atoms with Crippen LogP contribution in [0.1, 0.15) is 50.4 Å². The average molecular weight is 296 g/mol. The maximum absolute atomic E-state index is 6.45. The summed E-state index contributed by atoms with van der Waals surface area (Å²) in [4.78, 5) is 0. The summed E-state index contributed by atoms with van der Waals surface area (Å²) < 4.78 is 1.95. The van der Waals surface area contributed by atoms with Crippen molar-refractivity contribution in [2.45, 2.75) is 57.9 Å². The summed E-state index contributed by atoms with van der Waals surface area (Å²) in [5.41, 5.74) is 3.76. The van der Waals surface area contributed by atoms with Gasteiger partial charge in [-0.3, -0.25) is 4.68 Å². The molecule has 0 bridgehead atoms. The van der Waals surface area contributed by atoms with E-state index in [-0.39, 0.29) is 0 Å². The van der Waals surface area contributed by atoms with Crippen molar-refractivity contribution < 1.29 is 0 Å². The molecule has 0 aliphatic heterocycles. The Morgan fingerprint density at radius 2 is 2.20 bits per heavy atom. The van der Waals surface area contributed by atoms with Crippen LogP contribution in [0.25, 0.3) is 0 Å². The Kier molecular flexibility index (Phi) is 5.67. The highest BCUT2D eigenvalue weighted by Gasteiger charge is 2.18. The number of likely N-dealkylation sites (N-methyl/N-ethyl adjacent to an activating group) is 1. The first kappa shape index (κ1) is 15.6. The number of allylic oxidation sites excluding steroid dienone is 1. The quantitative estimate of drug-likeness (QED) is 0.812. The average Bonchev–Trinajstić information content (AvgIpc) is 2.74. The highest BCUT2D eigenvalue weighted by atomic mass is 35.5. The van der Waals surface area contributed by atoms with Crippen LogP contribution in [0.3, 0.4) is 0 Å². The van der Waals surface area contributed by atoms with Gasteiger partial charge in [0.1, 0.15) is 0 Å². The zero-order chi connectivity index (χ0) is 14.5. The monoisotopic (exact) mass is 295 g/mol. The van der Waals surface area contributed by atoms with Crippen molar-refractivity contribution in [3.8, 4) is 0 Å². The van der Waals surface area contributed by atoms with Crippen LogP contribution in [0.5, 0.6) is 0 Å². The van der Waals surface area contributed by atoms with E-state index in [9.17, 15) is 0 Å². The summed E-state index contributed by atoms with van der Waals surface area (Å²) in [5, 5.41) is 8.80. The fourth-order valence-electron chi connectivity index (χ4n) is 2.96. The first-order chi connectivity index (χ1) is 9.65. The van der Waals surface area contributed by atoms with Crippen LogP contribution in [0.4, 0.5) is 0 Å². The lowest BCUT2D eigenvalue weighted by Gasteiger charge is -2.20. The van der Waals surface area contributed by atoms with E-state index in [1.807, 2.05) is 18.8 Å². The number of hydrogen-bond acceptors (Lipinski definition) is 2. The molecule has 1 aromatic heterocycles. The van der Waals surface area contributed by atoms with Gasteiger partial charge in [-0.15, -0.1) is 0 Å². The third-order valence-corrected chi connectivity index (χ3v) is 4.68. The molecule has 1 aromatic rings. The van der Waals surface area contributed by atoms with Crippen LogP contribution >= 0.6 is 11.6 Å². The van der Waals surface area contributed by atoms with Gasteiger partial charge in [0.15, 0.2) is 0 Å². The van der Waals surface area contributed by atoms with Gasteiger partial charge in [-0.2, -0.15) is 5.10 Å². The van der Waals surface area contributed by atoms with Gasteiger partial charge in [0.25, 0.3) is 0 Å². The fraction of sp³-hybridized carbons (Fsp3) is 0.688. The minimum atomic E-state index is 0.442. The zero-order valence-corrected chi connectivity index (χ0v) is 13.6. The van der Waals surface area contributed by atoms with E-state index < -0.39 is 0 Å². The van der Waals surface area contributed by atoms with Crippen LogP contribution < -0.4 is 5.32 Å². The summed E-state index contributed by atoms with van der Waals surface area (Å²) in [5.74, 6) is 0. The van der Waals surface area contributed by atoms with Crippen LogP contribution in [-0.2, 0) is 19.9 Å². The van der Waals surface area contributed by atoms with Gasteiger partial charge in [-0.05, 0) is 45.6 Å². The van der Waals surface area contributed by atoms with Crippen molar-refractivity contribution in [2.24, 2.45) is 7.05 Å². The molecule has 1 aliphatic rings. The van der Waals surface area contributed by atoms with E-state index in [0.717, 1.165) is 35.7 Å². The first-order valence-corrected chi connectivity index (χ1v) is 8.08. The Labute approximate surface area is 127 Å². The van der Waals surface area contributed by atoms with Gasteiger partial charge in [0.05, 0.1) is 16.4 Å². The molecule has 0 amide bonds. The normalized spacial score (nSPS) is 17.1. The minimum Gasteiger partial charge on any atom is -0.316 e. The molecule has 1 N–H and O–H groups in total. The Hall–Kier alpha value is -0.800. The Morgan fingerprint density at radius 1 is 1.40 bits per heavy atom. The van der Waals surface area contributed by atoms with Crippen molar-refractivity contribution in [2.75, 3.05) is 7.05 Å². The standard InChI is InChI=1S/C16H26ClN3/c1-4-14-16(17)15(20(3)19-14)11-13(18-2)10-12-8-6-5-7-9-12/h8,13,18H,4-7,9-11H2,1-3H3. The highest BCUT2D eigenvalue weighted by Crippen LogP contribution is 2.26. The summed E-state index contributed by atoms with van der Waals surface area (Å²) in [7, 11) is 4.03. The molecule has 0 fully saturated rings. The van der Waals surface area contributed by atoms with Crippen LogP contribution in [0.15, 0.2) is 11.6 Å². The van der Waals surface area contributed by atoms with Crippen molar-refractivity contribution >= 4 is 11.6 Å². The molecule has 0 saturated heterocycles. The zero-order valence-electron chi connectivity index (χ0n) is 12.9. The van der Waals surface area contributed by atoms with Crippen molar-refractivity contribution in [3.05, 3.63) is 28.1 Å². The molecule has 0 spiro atoms. The molecular formula is C16H26ClN3. The maximum Gasteiger partial charge on any atom is 0.0850 e. The number of rotatable bonds is 6. The minimum absolute atomic E-state index is 0.442. The van der Waals surface area contributed by atoms with E-state index in [1.165, 1.54) is 25.7 Å². The lowest BCUT2D eigenvalue weighted by atomic mass is 9.93. The molecule has 1 atom stereocenters. The number of nitrogens with one attached hydrogen (secondary N) is 1.